The Hall–Kier alpha value is -1.51. The average Bonchev–Trinajstić information content (AvgIpc) is 2.43. The fraction of sp³-hybridized carbons (Fsp3) is 0.429. The van der Waals surface area contributed by atoms with Crippen LogP contribution in [0.3, 0.4) is 0 Å². The summed E-state index contributed by atoms with van der Waals surface area (Å²) in [4.78, 5) is 0. The van der Waals surface area contributed by atoms with E-state index in [2.05, 4.69) is 16.6 Å². The van der Waals surface area contributed by atoms with E-state index in [0.717, 1.165) is 11.3 Å². The Morgan fingerprint density at radius 3 is 2.47 bits per heavy atom. The summed E-state index contributed by atoms with van der Waals surface area (Å²) >= 11 is 0. The summed E-state index contributed by atoms with van der Waals surface area (Å²) < 4.78 is 31.5. The lowest BCUT2D eigenvalue weighted by Crippen LogP contribution is -2.31. The van der Waals surface area contributed by atoms with E-state index in [4.69, 9.17) is 4.74 Å². The Morgan fingerprint density at radius 2 is 1.95 bits per heavy atom. The Bertz CT molecular complexity index is 553. The van der Waals surface area contributed by atoms with E-state index in [1.54, 1.807) is 33.1 Å². The van der Waals surface area contributed by atoms with Crippen molar-refractivity contribution in [3.8, 4) is 17.6 Å². The molecule has 0 aliphatic heterocycles. The van der Waals surface area contributed by atoms with Crippen LogP contribution < -0.4 is 9.46 Å². The van der Waals surface area contributed by atoms with Gasteiger partial charge in [-0.15, -0.1) is 11.8 Å². The van der Waals surface area contributed by atoms with E-state index in [9.17, 15) is 8.42 Å². The molecule has 0 saturated carbocycles. The predicted octanol–water partition coefficient (Wildman–Crippen LogP) is 1.92. The molecule has 0 aliphatic carbocycles. The van der Waals surface area contributed by atoms with Gasteiger partial charge in [-0.1, -0.05) is 12.1 Å². The molecule has 0 bridgehead atoms. The minimum atomic E-state index is -3.33. The van der Waals surface area contributed by atoms with Crippen LogP contribution in [0.2, 0.25) is 0 Å². The second-order valence-corrected chi connectivity index (χ2v) is 6.34. The van der Waals surface area contributed by atoms with Crippen LogP contribution in [0, 0.1) is 11.8 Å². The predicted molar refractivity (Wildman–Crippen MR) is 76.3 cm³/mol. The van der Waals surface area contributed by atoms with Crippen molar-refractivity contribution in [3.63, 3.8) is 0 Å². The summed E-state index contributed by atoms with van der Waals surface area (Å²) in [5.74, 6) is 6.23. The summed E-state index contributed by atoms with van der Waals surface area (Å²) in [7, 11) is -1.74. The smallest absolute Gasteiger partial charge is 0.215 e. The SMILES string of the molecule is CC#CCC(C)S(=O)(=O)NCc1ccc(OC)cc1. The molecule has 0 fully saturated rings. The van der Waals surface area contributed by atoms with Gasteiger partial charge >= 0.3 is 0 Å². The van der Waals surface area contributed by atoms with Crippen molar-refractivity contribution in [2.24, 2.45) is 0 Å². The summed E-state index contributed by atoms with van der Waals surface area (Å²) in [5, 5.41) is -0.516. The highest BCUT2D eigenvalue weighted by Crippen LogP contribution is 2.12. The maximum Gasteiger partial charge on any atom is 0.215 e. The number of nitrogens with one attached hydrogen (secondary N) is 1. The number of rotatable bonds is 6. The summed E-state index contributed by atoms with van der Waals surface area (Å²) in [6.45, 7) is 3.63. The Balaban J connectivity index is 2.60. The zero-order valence-corrected chi connectivity index (χ0v) is 12.3. The van der Waals surface area contributed by atoms with Crippen molar-refractivity contribution in [1.82, 2.24) is 4.72 Å². The third-order valence-electron chi connectivity index (χ3n) is 2.73. The van der Waals surface area contributed by atoms with E-state index in [-0.39, 0.29) is 6.54 Å². The Kier molecular flexibility index (Phi) is 5.87. The van der Waals surface area contributed by atoms with Gasteiger partial charge in [0.05, 0.1) is 12.4 Å². The van der Waals surface area contributed by atoms with Gasteiger partial charge in [0.2, 0.25) is 10.0 Å². The summed E-state index contributed by atoms with van der Waals surface area (Å²) in [5.41, 5.74) is 0.887. The second kappa shape index (κ2) is 7.17. The summed E-state index contributed by atoms with van der Waals surface area (Å²) in [6, 6.07) is 7.26. The lowest BCUT2D eigenvalue weighted by Gasteiger charge is -2.11. The maximum absolute atomic E-state index is 11.9. The van der Waals surface area contributed by atoms with E-state index in [0.29, 0.717) is 6.42 Å². The molecular weight excluding hydrogens is 262 g/mol. The molecule has 1 unspecified atom stereocenters. The molecule has 0 aromatic heterocycles. The number of ether oxygens (including phenoxy) is 1. The van der Waals surface area contributed by atoms with Gasteiger partial charge in [-0.25, -0.2) is 13.1 Å². The first-order valence-electron chi connectivity index (χ1n) is 6.00. The van der Waals surface area contributed by atoms with Crippen LogP contribution in [-0.2, 0) is 16.6 Å². The fourth-order valence-corrected chi connectivity index (χ4v) is 2.38. The molecule has 0 aliphatic rings. The van der Waals surface area contributed by atoms with Gasteiger partial charge in [-0.05, 0) is 31.5 Å². The van der Waals surface area contributed by atoms with Crippen molar-refractivity contribution < 1.29 is 13.2 Å². The van der Waals surface area contributed by atoms with Crippen LogP contribution >= 0.6 is 0 Å². The third kappa shape index (κ3) is 4.93. The first-order chi connectivity index (χ1) is 8.99. The van der Waals surface area contributed by atoms with Gasteiger partial charge in [0.1, 0.15) is 5.75 Å². The molecule has 0 saturated heterocycles. The van der Waals surface area contributed by atoms with Crippen LogP contribution in [0.4, 0.5) is 0 Å². The zero-order valence-electron chi connectivity index (χ0n) is 11.4. The first kappa shape index (κ1) is 15.5. The molecule has 19 heavy (non-hydrogen) atoms. The third-order valence-corrected chi connectivity index (χ3v) is 4.51. The van der Waals surface area contributed by atoms with Crippen molar-refractivity contribution in [1.29, 1.82) is 0 Å². The lowest BCUT2D eigenvalue weighted by atomic mass is 10.2. The van der Waals surface area contributed by atoms with Crippen molar-refractivity contribution in [3.05, 3.63) is 29.8 Å². The van der Waals surface area contributed by atoms with Crippen LogP contribution in [0.1, 0.15) is 25.8 Å². The molecule has 5 heteroatoms. The molecule has 1 atom stereocenters. The van der Waals surface area contributed by atoms with E-state index < -0.39 is 15.3 Å². The van der Waals surface area contributed by atoms with E-state index in [1.807, 2.05) is 12.1 Å². The average molecular weight is 281 g/mol. The molecule has 1 N–H and O–H groups in total. The quantitative estimate of drug-likeness (QED) is 0.810. The number of hydrogen-bond donors (Lipinski definition) is 1. The normalized spacial score (nSPS) is 12.4. The minimum absolute atomic E-state index is 0.274. The molecule has 0 heterocycles. The fourth-order valence-electron chi connectivity index (χ4n) is 1.43. The highest BCUT2D eigenvalue weighted by atomic mass is 32.2. The molecule has 0 amide bonds. The van der Waals surface area contributed by atoms with Crippen LogP contribution in [-0.4, -0.2) is 20.8 Å². The molecule has 0 radical (unpaired) electrons. The minimum Gasteiger partial charge on any atom is -0.497 e. The lowest BCUT2D eigenvalue weighted by molar-refractivity contribution is 0.414. The van der Waals surface area contributed by atoms with Crippen LogP contribution in [0.25, 0.3) is 0 Å². The molecule has 0 spiro atoms. The second-order valence-electron chi connectivity index (χ2n) is 4.16. The Morgan fingerprint density at radius 1 is 1.32 bits per heavy atom. The monoisotopic (exact) mass is 281 g/mol. The molecule has 1 rings (SSSR count). The number of hydrogen-bond acceptors (Lipinski definition) is 3. The highest BCUT2D eigenvalue weighted by molar-refractivity contribution is 7.90. The number of sulfonamides is 1. The maximum atomic E-state index is 11.9. The molecule has 104 valence electrons. The van der Waals surface area contributed by atoms with Crippen molar-refractivity contribution >= 4 is 10.0 Å². The van der Waals surface area contributed by atoms with E-state index in [1.165, 1.54) is 0 Å². The molecule has 4 nitrogen and oxygen atoms in total. The first-order valence-corrected chi connectivity index (χ1v) is 7.55. The topological polar surface area (TPSA) is 55.4 Å². The number of methoxy groups -OCH3 is 1. The Labute approximate surface area is 115 Å². The van der Waals surface area contributed by atoms with E-state index >= 15 is 0 Å². The van der Waals surface area contributed by atoms with Gasteiger partial charge in [0.25, 0.3) is 0 Å². The zero-order chi connectivity index (χ0) is 14.3. The van der Waals surface area contributed by atoms with Gasteiger partial charge in [0, 0.05) is 13.0 Å². The standard InChI is InChI=1S/C14H19NO3S/c1-4-5-6-12(2)19(16,17)15-11-13-7-9-14(18-3)10-8-13/h7-10,12,15H,6,11H2,1-3H3. The largest absolute Gasteiger partial charge is 0.497 e. The number of benzene rings is 1. The molecular formula is C14H19NO3S. The van der Waals surface area contributed by atoms with Gasteiger partial charge in [-0.3, -0.25) is 0 Å². The van der Waals surface area contributed by atoms with Gasteiger partial charge in [-0.2, -0.15) is 0 Å². The molecule has 1 aromatic carbocycles. The summed E-state index contributed by atoms with van der Waals surface area (Å²) in [6.07, 6.45) is 0.342. The van der Waals surface area contributed by atoms with Crippen LogP contribution in [0.5, 0.6) is 5.75 Å². The molecule has 1 aromatic rings. The van der Waals surface area contributed by atoms with Crippen molar-refractivity contribution in [2.45, 2.75) is 32.1 Å². The highest BCUT2D eigenvalue weighted by Gasteiger charge is 2.18. The van der Waals surface area contributed by atoms with Gasteiger partial charge < -0.3 is 4.74 Å². The van der Waals surface area contributed by atoms with Crippen LogP contribution in [0.15, 0.2) is 24.3 Å². The van der Waals surface area contributed by atoms with Gasteiger partial charge in [0.15, 0.2) is 0 Å². The van der Waals surface area contributed by atoms with Crippen molar-refractivity contribution in [2.75, 3.05) is 7.11 Å².